The summed E-state index contributed by atoms with van der Waals surface area (Å²) in [6.07, 6.45) is -2.61. The van der Waals surface area contributed by atoms with Crippen LogP contribution in [0.2, 0.25) is 0 Å². The molecular formula is C25H20F4N2O5S2. The van der Waals surface area contributed by atoms with E-state index < -0.39 is 55.6 Å². The number of fused-ring (bicyclic) bond motifs is 1. The minimum atomic E-state index is -4.78. The molecule has 0 saturated heterocycles. The van der Waals surface area contributed by atoms with Crippen LogP contribution in [-0.2, 0) is 38.3 Å². The normalized spacial score (nSPS) is 12.6. The van der Waals surface area contributed by atoms with Crippen molar-refractivity contribution in [3.63, 3.8) is 0 Å². The number of aromatic nitrogens is 1. The second-order valence-electron chi connectivity index (χ2n) is 8.59. The number of rotatable bonds is 7. The second kappa shape index (κ2) is 9.87. The minimum Gasteiger partial charge on any atom is -0.348 e. The molecule has 4 aromatic rings. The topological polar surface area (TPSA) is 102 Å². The van der Waals surface area contributed by atoms with Gasteiger partial charge in [0.15, 0.2) is 9.84 Å². The average Bonchev–Trinajstić information content (AvgIpc) is 3.25. The van der Waals surface area contributed by atoms with E-state index in [1.54, 1.807) is 0 Å². The lowest BCUT2D eigenvalue weighted by atomic mass is 10.0. The van der Waals surface area contributed by atoms with Crippen LogP contribution < -0.4 is 5.32 Å². The Morgan fingerprint density at radius 3 is 2.34 bits per heavy atom. The molecule has 0 aliphatic rings. The van der Waals surface area contributed by atoms with Crippen LogP contribution in [0.3, 0.4) is 0 Å². The Balaban J connectivity index is 1.57. The lowest BCUT2D eigenvalue weighted by Crippen LogP contribution is -2.24. The molecule has 1 amide bonds. The van der Waals surface area contributed by atoms with Crippen LogP contribution in [0, 0.1) is 5.82 Å². The maximum Gasteiger partial charge on any atom is 0.416 e. The van der Waals surface area contributed by atoms with Crippen molar-refractivity contribution in [2.24, 2.45) is 0 Å². The summed E-state index contributed by atoms with van der Waals surface area (Å²) in [5.74, 6) is -1.99. The molecular weight excluding hydrogens is 548 g/mol. The standard InChI is InChI=1S/C25H20F4N2O5S2/c1-37(33,34)15-16-5-6-19(22(11-16)25(27,28)29)14-30-24(32)18-7-8-23-17(12-18)9-10-31(23)38(35,36)21-4-2-3-20(26)13-21/h2-13H,14-15H2,1H3,(H,30,32). The number of amides is 1. The van der Waals surface area contributed by atoms with E-state index in [0.717, 1.165) is 34.5 Å². The van der Waals surface area contributed by atoms with Gasteiger partial charge in [-0.2, -0.15) is 13.2 Å². The highest BCUT2D eigenvalue weighted by Crippen LogP contribution is 2.33. The number of carbonyl (C=O) groups is 1. The summed E-state index contributed by atoms with van der Waals surface area (Å²) in [5, 5.41) is 2.77. The molecule has 0 fully saturated rings. The summed E-state index contributed by atoms with van der Waals surface area (Å²) < 4.78 is 104. The van der Waals surface area contributed by atoms with Gasteiger partial charge in [-0.05, 0) is 59.7 Å². The van der Waals surface area contributed by atoms with Gasteiger partial charge < -0.3 is 5.32 Å². The van der Waals surface area contributed by atoms with Crippen LogP contribution in [-0.4, -0.2) is 33.0 Å². The van der Waals surface area contributed by atoms with E-state index in [0.29, 0.717) is 5.39 Å². The lowest BCUT2D eigenvalue weighted by molar-refractivity contribution is -0.138. The number of hydrogen-bond donors (Lipinski definition) is 1. The summed E-state index contributed by atoms with van der Waals surface area (Å²) >= 11 is 0. The SMILES string of the molecule is CS(=O)(=O)Cc1ccc(CNC(=O)c2ccc3c(ccn3S(=O)(=O)c3cccc(F)c3)c2)c(C(F)(F)F)c1. The number of benzene rings is 3. The van der Waals surface area contributed by atoms with Crippen LogP contribution in [0.15, 0.2) is 77.8 Å². The first-order valence-corrected chi connectivity index (χ1v) is 14.4. The van der Waals surface area contributed by atoms with Gasteiger partial charge in [-0.15, -0.1) is 0 Å². The van der Waals surface area contributed by atoms with Crippen molar-refractivity contribution in [2.45, 2.75) is 23.4 Å². The van der Waals surface area contributed by atoms with E-state index in [2.05, 4.69) is 5.32 Å². The van der Waals surface area contributed by atoms with Gasteiger partial charge in [0, 0.05) is 29.9 Å². The number of alkyl halides is 3. The summed E-state index contributed by atoms with van der Waals surface area (Å²) in [5.41, 5.74) is -1.06. The molecule has 0 bridgehead atoms. The average molecular weight is 569 g/mol. The monoisotopic (exact) mass is 568 g/mol. The Labute approximate surface area is 215 Å². The van der Waals surface area contributed by atoms with Gasteiger partial charge in [0.1, 0.15) is 5.82 Å². The molecule has 0 aliphatic carbocycles. The second-order valence-corrected chi connectivity index (χ2v) is 12.5. The van der Waals surface area contributed by atoms with Crippen molar-refractivity contribution in [3.05, 3.63) is 101 Å². The largest absolute Gasteiger partial charge is 0.416 e. The van der Waals surface area contributed by atoms with Gasteiger partial charge in [-0.3, -0.25) is 4.79 Å². The molecule has 3 aromatic carbocycles. The fraction of sp³-hybridized carbons (Fsp3) is 0.160. The molecule has 4 rings (SSSR count). The van der Waals surface area contributed by atoms with Gasteiger partial charge in [-0.1, -0.05) is 18.2 Å². The molecule has 0 spiro atoms. The highest BCUT2D eigenvalue weighted by Gasteiger charge is 2.34. The van der Waals surface area contributed by atoms with Crippen LogP contribution >= 0.6 is 0 Å². The van der Waals surface area contributed by atoms with E-state index in [-0.39, 0.29) is 27.1 Å². The van der Waals surface area contributed by atoms with E-state index in [1.165, 1.54) is 48.7 Å². The highest BCUT2D eigenvalue weighted by molar-refractivity contribution is 7.90. The fourth-order valence-corrected chi connectivity index (χ4v) is 6.09. The first kappa shape index (κ1) is 27.3. The smallest absolute Gasteiger partial charge is 0.348 e. The van der Waals surface area contributed by atoms with Crippen molar-refractivity contribution >= 4 is 36.7 Å². The third-order valence-corrected chi connectivity index (χ3v) is 8.16. The molecule has 0 radical (unpaired) electrons. The zero-order valence-corrected chi connectivity index (χ0v) is 21.3. The van der Waals surface area contributed by atoms with Crippen molar-refractivity contribution in [3.8, 4) is 0 Å². The molecule has 1 N–H and O–H groups in total. The number of sulfone groups is 1. The quantitative estimate of drug-likeness (QED) is 0.331. The highest BCUT2D eigenvalue weighted by atomic mass is 32.2. The number of hydrogen-bond acceptors (Lipinski definition) is 5. The maximum absolute atomic E-state index is 13.6. The van der Waals surface area contributed by atoms with E-state index in [9.17, 15) is 39.2 Å². The number of carbonyl (C=O) groups excluding carboxylic acids is 1. The van der Waals surface area contributed by atoms with E-state index in [4.69, 9.17) is 0 Å². The molecule has 0 atom stereocenters. The van der Waals surface area contributed by atoms with E-state index in [1.807, 2.05) is 0 Å². The van der Waals surface area contributed by atoms with Crippen molar-refractivity contribution in [1.82, 2.24) is 9.29 Å². The zero-order valence-electron chi connectivity index (χ0n) is 19.7. The molecule has 0 unspecified atom stereocenters. The Morgan fingerprint density at radius 2 is 1.68 bits per heavy atom. The first-order chi connectivity index (χ1) is 17.6. The molecule has 7 nitrogen and oxygen atoms in total. The number of halogens is 4. The summed E-state index contributed by atoms with van der Waals surface area (Å²) in [6, 6.07) is 13.1. The molecule has 38 heavy (non-hydrogen) atoms. The molecule has 200 valence electrons. The Morgan fingerprint density at radius 1 is 0.947 bits per heavy atom. The van der Waals surface area contributed by atoms with Crippen LogP contribution in [0.4, 0.5) is 17.6 Å². The van der Waals surface area contributed by atoms with Crippen molar-refractivity contribution < 1.29 is 39.2 Å². The number of nitrogens with one attached hydrogen (secondary N) is 1. The predicted octanol–water partition coefficient (Wildman–Crippen LogP) is 4.51. The third kappa shape index (κ3) is 5.89. The fourth-order valence-electron chi connectivity index (χ4n) is 3.92. The summed E-state index contributed by atoms with van der Waals surface area (Å²) in [6.45, 7) is -0.486. The van der Waals surface area contributed by atoms with Crippen LogP contribution in [0.1, 0.15) is 27.0 Å². The van der Waals surface area contributed by atoms with Gasteiger partial charge >= 0.3 is 6.18 Å². The van der Waals surface area contributed by atoms with Crippen molar-refractivity contribution in [2.75, 3.05) is 6.26 Å². The lowest BCUT2D eigenvalue weighted by Gasteiger charge is -2.15. The maximum atomic E-state index is 13.6. The van der Waals surface area contributed by atoms with Crippen LogP contribution in [0.25, 0.3) is 10.9 Å². The Kier molecular flexibility index (Phi) is 7.10. The molecule has 13 heteroatoms. The Hall–Kier alpha value is -3.71. The van der Waals surface area contributed by atoms with Gasteiger partial charge in [0.25, 0.3) is 15.9 Å². The zero-order chi connectivity index (χ0) is 27.9. The van der Waals surface area contributed by atoms with Gasteiger partial charge in [0.05, 0.1) is 21.7 Å². The molecule has 1 aromatic heterocycles. The third-order valence-electron chi connectivity index (χ3n) is 5.62. The van der Waals surface area contributed by atoms with Gasteiger partial charge in [-0.25, -0.2) is 25.2 Å². The van der Waals surface area contributed by atoms with Crippen molar-refractivity contribution in [1.29, 1.82) is 0 Å². The van der Waals surface area contributed by atoms with Gasteiger partial charge in [0.2, 0.25) is 0 Å². The predicted molar refractivity (Wildman–Crippen MR) is 132 cm³/mol. The van der Waals surface area contributed by atoms with E-state index >= 15 is 0 Å². The summed E-state index contributed by atoms with van der Waals surface area (Å²) in [7, 11) is -7.68. The minimum absolute atomic E-state index is 0.0296. The molecule has 1 heterocycles. The number of nitrogens with zero attached hydrogens (tertiary/aromatic N) is 1. The molecule has 0 saturated carbocycles. The molecule has 0 aliphatic heterocycles. The first-order valence-electron chi connectivity index (χ1n) is 10.9. The summed E-state index contributed by atoms with van der Waals surface area (Å²) in [4.78, 5) is 12.4. The Bertz CT molecular complexity index is 1760. The van der Waals surface area contributed by atoms with Crippen LogP contribution in [0.5, 0.6) is 0 Å².